The first-order chi connectivity index (χ1) is 8.50. The Hall–Kier alpha value is -1.73. The van der Waals surface area contributed by atoms with E-state index < -0.39 is 9.84 Å². The topological polar surface area (TPSA) is 90.9 Å². The van der Waals surface area contributed by atoms with Crippen molar-refractivity contribution in [3.8, 4) is 0 Å². The fourth-order valence-corrected chi connectivity index (χ4v) is 2.15. The lowest BCUT2D eigenvalue weighted by atomic mass is 10.2. The van der Waals surface area contributed by atoms with Crippen LogP contribution in [0.1, 0.15) is 11.3 Å². The first kappa shape index (κ1) is 12.7. The number of aromatic nitrogens is 3. The molecule has 18 heavy (non-hydrogen) atoms. The highest BCUT2D eigenvalue weighted by atomic mass is 32.2. The van der Waals surface area contributed by atoms with E-state index in [0.29, 0.717) is 13.1 Å². The second-order valence-corrected chi connectivity index (χ2v) is 5.97. The van der Waals surface area contributed by atoms with Gasteiger partial charge in [0.2, 0.25) is 0 Å². The second kappa shape index (κ2) is 4.87. The van der Waals surface area contributed by atoms with Crippen molar-refractivity contribution in [2.75, 3.05) is 6.26 Å². The normalized spacial score (nSPS) is 11.7. The van der Waals surface area contributed by atoms with Crippen LogP contribution in [-0.4, -0.2) is 29.4 Å². The summed E-state index contributed by atoms with van der Waals surface area (Å²) in [5.41, 5.74) is 7.31. The van der Waals surface area contributed by atoms with Crippen molar-refractivity contribution in [3.05, 3.63) is 42.0 Å². The molecule has 0 saturated heterocycles. The summed E-state index contributed by atoms with van der Waals surface area (Å²) in [6, 6.07) is 3.71. The first-order valence-corrected chi connectivity index (χ1v) is 7.25. The lowest BCUT2D eigenvalue weighted by molar-refractivity contribution is 0.601. The zero-order valence-electron chi connectivity index (χ0n) is 9.94. The molecule has 0 aliphatic rings. The number of sulfone groups is 1. The highest BCUT2D eigenvalue weighted by Gasteiger charge is 2.10. The number of rotatable bonds is 4. The Kier molecular flexibility index (Phi) is 3.44. The summed E-state index contributed by atoms with van der Waals surface area (Å²) < 4.78 is 24.2. The van der Waals surface area contributed by atoms with Gasteiger partial charge in [-0.05, 0) is 11.6 Å². The zero-order chi connectivity index (χ0) is 13.2. The fraction of sp³-hybridized carbons (Fsp3) is 0.273. The summed E-state index contributed by atoms with van der Waals surface area (Å²) in [6.45, 7) is 0.798. The Morgan fingerprint density at radius 1 is 1.44 bits per heavy atom. The zero-order valence-corrected chi connectivity index (χ0v) is 10.8. The van der Waals surface area contributed by atoms with Gasteiger partial charge in [0, 0.05) is 25.2 Å². The Labute approximate surface area is 105 Å². The fourth-order valence-electron chi connectivity index (χ4n) is 1.60. The van der Waals surface area contributed by atoms with Gasteiger partial charge in [0.1, 0.15) is 4.90 Å². The van der Waals surface area contributed by atoms with Crippen LogP contribution < -0.4 is 5.73 Å². The molecular formula is C11H14N4O2S. The van der Waals surface area contributed by atoms with Gasteiger partial charge in [0.05, 0.1) is 18.4 Å². The molecule has 0 aromatic carbocycles. The average molecular weight is 266 g/mol. The van der Waals surface area contributed by atoms with E-state index in [1.165, 1.54) is 12.4 Å². The largest absolute Gasteiger partial charge is 0.325 e. The predicted molar refractivity (Wildman–Crippen MR) is 66.6 cm³/mol. The van der Waals surface area contributed by atoms with Gasteiger partial charge in [-0.2, -0.15) is 5.10 Å². The molecule has 0 bridgehead atoms. The molecule has 2 heterocycles. The Bertz CT molecular complexity index is 649. The van der Waals surface area contributed by atoms with E-state index in [1.54, 1.807) is 10.9 Å². The molecule has 0 radical (unpaired) electrons. The predicted octanol–water partition coefficient (Wildman–Crippen LogP) is 0.189. The molecule has 0 unspecified atom stereocenters. The maximum Gasteiger partial charge on any atom is 0.178 e. The first-order valence-electron chi connectivity index (χ1n) is 5.36. The van der Waals surface area contributed by atoms with Gasteiger partial charge in [-0.15, -0.1) is 0 Å². The average Bonchev–Trinajstić information content (AvgIpc) is 2.78. The van der Waals surface area contributed by atoms with Crippen LogP contribution in [0.4, 0.5) is 0 Å². The van der Waals surface area contributed by atoms with Crippen LogP contribution in [0.15, 0.2) is 35.6 Å². The molecule has 0 amide bonds. The third-order valence-corrected chi connectivity index (χ3v) is 3.62. The van der Waals surface area contributed by atoms with Crippen molar-refractivity contribution in [3.63, 3.8) is 0 Å². The van der Waals surface area contributed by atoms with Gasteiger partial charge >= 0.3 is 0 Å². The van der Waals surface area contributed by atoms with Crippen LogP contribution in [0.3, 0.4) is 0 Å². The van der Waals surface area contributed by atoms with E-state index in [4.69, 9.17) is 5.73 Å². The van der Waals surface area contributed by atoms with Crippen molar-refractivity contribution >= 4 is 9.84 Å². The third-order valence-electron chi connectivity index (χ3n) is 2.55. The van der Waals surface area contributed by atoms with Crippen molar-refractivity contribution < 1.29 is 8.42 Å². The van der Waals surface area contributed by atoms with Crippen LogP contribution in [0.2, 0.25) is 0 Å². The maximum atomic E-state index is 11.3. The summed E-state index contributed by atoms with van der Waals surface area (Å²) in [7, 11) is -3.21. The Morgan fingerprint density at radius 3 is 2.83 bits per heavy atom. The van der Waals surface area contributed by atoms with Gasteiger partial charge in [-0.25, -0.2) is 8.42 Å². The van der Waals surface area contributed by atoms with Crippen LogP contribution >= 0.6 is 0 Å². The molecule has 0 spiro atoms. The summed E-state index contributed by atoms with van der Waals surface area (Å²) in [5.74, 6) is 0. The second-order valence-electron chi connectivity index (χ2n) is 3.96. The van der Waals surface area contributed by atoms with Gasteiger partial charge in [0.15, 0.2) is 9.84 Å². The summed E-state index contributed by atoms with van der Waals surface area (Å²) in [6.07, 6.45) is 5.68. The van der Waals surface area contributed by atoms with E-state index in [2.05, 4.69) is 10.1 Å². The molecule has 0 aliphatic heterocycles. The Balaban J connectivity index is 2.27. The van der Waals surface area contributed by atoms with Gasteiger partial charge < -0.3 is 5.73 Å². The minimum absolute atomic E-state index is 0.209. The number of nitrogens with two attached hydrogens (primary N) is 1. The lowest BCUT2D eigenvalue weighted by Gasteiger charge is -2.06. The monoisotopic (exact) mass is 266 g/mol. The minimum atomic E-state index is -3.21. The summed E-state index contributed by atoms with van der Waals surface area (Å²) in [4.78, 5) is 4.37. The van der Waals surface area contributed by atoms with Crippen molar-refractivity contribution in [1.29, 1.82) is 0 Å². The van der Waals surface area contributed by atoms with E-state index in [0.717, 1.165) is 17.5 Å². The maximum absolute atomic E-state index is 11.3. The highest BCUT2D eigenvalue weighted by Crippen LogP contribution is 2.10. The van der Waals surface area contributed by atoms with Crippen molar-refractivity contribution in [2.45, 2.75) is 18.0 Å². The van der Waals surface area contributed by atoms with Gasteiger partial charge in [-0.1, -0.05) is 6.07 Å². The minimum Gasteiger partial charge on any atom is -0.325 e. The van der Waals surface area contributed by atoms with Crippen molar-refractivity contribution in [1.82, 2.24) is 14.8 Å². The third kappa shape index (κ3) is 2.74. The quantitative estimate of drug-likeness (QED) is 0.853. The van der Waals surface area contributed by atoms with Gasteiger partial charge in [-0.3, -0.25) is 9.67 Å². The SMILES string of the molecule is CS(=O)(=O)c1cnn(Cc2cccnc2CN)c1. The lowest BCUT2D eigenvalue weighted by Crippen LogP contribution is -2.08. The summed E-state index contributed by atoms with van der Waals surface area (Å²) in [5, 5.41) is 4.02. The molecule has 7 heteroatoms. The van der Waals surface area contributed by atoms with E-state index in [9.17, 15) is 8.42 Å². The molecule has 96 valence electrons. The number of hydrogen-bond acceptors (Lipinski definition) is 5. The number of hydrogen-bond donors (Lipinski definition) is 1. The van der Waals surface area contributed by atoms with Crippen molar-refractivity contribution in [2.24, 2.45) is 5.73 Å². The molecule has 2 aromatic heterocycles. The molecular weight excluding hydrogens is 252 g/mol. The molecule has 6 nitrogen and oxygen atoms in total. The van der Waals surface area contributed by atoms with E-state index in [1.807, 2.05) is 12.1 Å². The molecule has 2 aromatic rings. The van der Waals surface area contributed by atoms with Crippen LogP contribution in [-0.2, 0) is 22.9 Å². The van der Waals surface area contributed by atoms with Gasteiger partial charge in [0.25, 0.3) is 0 Å². The molecule has 0 saturated carbocycles. The van der Waals surface area contributed by atoms with Crippen LogP contribution in [0, 0.1) is 0 Å². The molecule has 2 N–H and O–H groups in total. The van der Waals surface area contributed by atoms with E-state index >= 15 is 0 Å². The standard InChI is InChI=1S/C11H14N4O2S/c1-18(16,17)10-6-14-15(8-10)7-9-3-2-4-13-11(9)5-12/h2-4,6,8H,5,7,12H2,1H3. The highest BCUT2D eigenvalue weighted by molar-refractivity contribution is 7.90. The molecule has 2 rings (SSSR count). The van der Waals surface area contributed by atoms with Crippen LogP contribution in [0.25, 0.3) is 0 Å². The number of pyridine rings is 1. The van der Waals surface area contributed by atoms with E-state index in [-0.39, 0.29) is 4.90 Å². The summed E-state index contributed by atoms with van der Waals surface area (Å²) >= 11 is 0. The molecule has 0 fully saturated rings. The Morgan fingerprint density at radius 2 is 2.22 bits per heavy atom. The molecule has 0 atom stereocenters. The number of nitrogens with zero attached hydrogens (tertiary/aromatic N) is 3. The van der Waals surface area contributed by atoms with Crippen LogP contribution in [0.5, 0.6) is 0 Å². The smallest absolute Gasteiger partial charge is 0.178 e. The molecule has 0 aliphatic carbocycles.